The third-order valence-electron chi connectivity index (χ3n) is 2.65. The quantitative estimate of drug-likeness (QED) is 0.359. The molecule has 0 aromatic heterocycles. The van der Waals surface area contributed by atoms with Crippen molar-refractivity contribution in [3.63, 3.8) is 0 Å². The lowest BCUT2D eigenvalue weighted by molar-refractivity contribution is -0.385. The zero-order valence-corrected chi connectivity index (χ0v) is 12.5. The first-order valence-corrected chi connectivity index (χ1v) is 6.76. The number of esters is 1. The lowest BCUT2D eigenvalue weighted by atomic mass is 9.97. The predicted molar refractivity (Wildman–Crippen MR) is 78.1 cm³/mol. The van der Waals surface area contributed by atoms with Gasteiger partial charge in [0.05, 0.1) is 17.1 Å². The summed E-state index contributed by atoms with van der Waals surface area (Å²) in [6.07, 6.45) is 2.46. The first-order chi connectivity index (χ1) is 10.0. The number of hydrogen-bond donors (Lipinski definition) is 0. The van der Waals surface area contributed by atoms with Gasteiger partial charge in [-0.15, -0.1) is 0 Å². The SMILES string of the molecule is CCOC(=O)C1=C=COC=C1c1ccc(Br)cc1[N+](=O)[O-]. The Kier molecular flexibility index (Phi) is 4.57. The van der Waals surface area contributed by atoms with Crippen LogP contribution in [0.2, 0.25) is 0 Å². The van der Waals surface area contributed by atoms with Crippen molar-refractivity contribution in [3.8, 4) is 0 Å². The van der Waals surface area contributed by atoms with Crippen molar-refractivity contribution >= 4 is 33.2 Å². The van der Waals surface area contributed by atoms with Crippen LogP contribution in [0.4, 0.5) is 5.69 Å². The summed E-state index contributed by atoms with van der Waals surface area (Å²) in [6, 6.07) is 4.53. The average Bonchev–Trinajstić information content (AvgIpc) is 2.47. The maximum absolute atomic E-state index is 11.9. The van der Waals surface area contributed by atoms with Crippen molar-refractivity contribution in [2.75, 3.05) is 6.61 Å². The molecule has 0 saturated heterocycles. The van der Waals surface area contributed by atoms with E-state index in [2.05, 4.69) is 21.7 Å². The highest BCUT2D eigenvalue weighted by molar-refractivity contribution is 9.10. The molecule has 0 bridgehead atoms. The molecule has 1 heterocycles. The van der Waals surface area contributed by atoms with E-state index in [1.54, 1.807) is 13.0 Å². The summed E-state index contributed by atoms with van der Waals surface area (Å²) < 4.78 is 10.5. The van der Waals surface area contributed by atoms with Gasteiger partial charge in [-0.25, -0.2) is 4.79 Å². The average molecular weight is 352 g/mol. The van der Waals surface area contributed by atoms with Gasteiger partial charge in [0.15, 0.2) is 0 Å². The highest BCUT2D eigenvalue weighted by atomic mass is 79.9. The van der Waals surface area contributed by atoms with E-state index in [0.29, 0.717) is 4.47 Å². The summed E-state index contributed by atoms with van der Waals surface area (Å²) in [7, 11) is 0. The third kappa shape index (κ3) is 3.21. The van der Waals surface area contributed by atoms with E-state index in [1.807, 2.05) is 0 Å². The zero-order chi connectivity index (χ0) is 15.4. The van der Waals surface area contributed by atoms with Crippen molar-refractivity contribution < 1.29 is 19.2 Å². The maximum Gasteiger partial charge on any atom is 0.346 e. The van der Waals surface area contributed by atoms with Gasteiger partial charge in [0.25, 0.3) is 5.69 Å². The minimum absolute atomic E-state index is 0.0912. The molecule has 0 saturated carbocycles. The Labute approximate surface area is 128 Å². The van der Waals surface area contributed by atoms with Crippen LogP contribution in [0.3, 0.4) is 0 Å². The number of rotatable bonds is 4. The molecule has 0 aliphatic carbocycles. The molecule has 1 aliphatic rings. The Morgan fingerprint density at radius 1 is 1.52 bits per heavy atom. The molecule has 1 aliphatic heterocycles. The normalized spacial score (nSPS) is 13.0. The van der Waals surface area contributed by atoms with Gasteiger partial charge in [-0.3, -0.25) is 10.1 Å². The number of carbonyl (C=O) groups excluding carboxylic acids is 1. The lowest BCUT2D eigenvalue weighted by Gasteiger charge is -2.12. The van der Waals surface area contributed by atoms with Crippen LogP contribution in [0.25, 0.3) is 5.57 Å². The molecule has 0 fully saturated rings. The van der Waals surface area contributed by atoms with Gasteiger partial charge in [-0.1, -0.05) is 21.7 Å². The summed E-state index contributed by atoms with van der Waals surface area (Å²) in [4.78, 5) is 22.6. The number of nitro groups is 1. The minimum atomic E-state index is -0.611. The summed E-state index contributed by atoms with van der Waals surface area (Å²) in [6.45, 7) is 1.87. The van der Waals surface area contributed by atoms with Crippen LogP contribution in [0.15, 0.2) is 46.5 Å². The highest BCUT2D eigenvalue weighted by Crippen LogP contribution is 2.34. The fourth-order valence-corrected chi connectivity index (χ4v) is 2.13. The molecule has 21 heavy (non-hydrogen) atoms. The number of benzene rings is 1. The number of halogens is 1. The van der Waals surface area contributed by atoms with E-state index in [-0.39, 0.29) is 29.0 Å². The van der Waals surface area contributed by atoms with Gasteiger partial charge in [-0.05, 0) is 19.1 Å². The van der Waals surface area contributed by atoms with Crippen molar-refractivity contribution in [1.82, 2.24) is 0 Å². The van der Waals surface area contributed by atoms with Crippen LogP contribution in [0.1, 0.15) is 12.5 Å². The van der Waals surface area contributed by atoms with Gasteiger partial charge in [0.1, 0.15) is 18.1 Å². The number of nitrogens with zero attached hydrogens (tertiary/aromatic N) is 1. The molecule has 0 amide bonds. The van der Waals surface area contributed by atoms with Crippen molar-refractivity contribution in [3.05, 3.63) is 62.2 Å². The number of nitro benzene ring substituents is 1. The number of hydrogen-bond acceptors (Lipinski definition) is 5. The zero-order valence-electron chi connectivity index (χ0n) is 11.0. The van der Waals surface area contributed by atoms with Crippen LogP contribution in [-0.2, 0) is 14.3 Å². The van der Waals surface area contributed by atoms with Crippen LogP contribution >= 0.6 is 15.9 Å². The molecule has 6 nitrogen and oxygen atoms in total. The smallest absolute Gasteiger partial charge is 0.346 e. The van der Waals surface area contributed by atoms with E-state index < -0.39 is 10.9 Å². The van der Waals surface area contributed by atoms with Gasteiger partial charge < -0.3 is 9.47 Å². The van der Waals surface area contributed by atoms with E-state index in [1.165, 1.54) is 24.7 Å². The largest absolute Gasteiger partial charge is 0.464 e. The molecular formula is C14H10BrNO5. The van der Waals surface area contributed by atoms with E-state index >= 15 is 0 Å². The lowest BCUT2D eigenvalue weighted by Crippen LogP contribution is -2.11. The molecule has 108 valence electrons. The fourth-order valence-electron chi connectivity index (χ4n) is 1.79. The second-order valence-electron chi connectivity index (χ2n) is 3.94. The van der Waals surface area contributed by atoms with Gasteiger partial charge in [0.2, 0.25) is 0 Å². The number of ether oxygens (including phenoxy) is 2. The van der Waals surface area contributed by atoms with Crippen LogP contribution in [0.5, 0.6) is 0 Å². The Hall–Kier alpha value is -2.37. The molecule has 1 aromatic rings. The molecule has 1 aromatic carbocycles. The Morgan fingerprint density at radius 2 is 2.29 bits per heavy atom. The Morgan fingerprint density at radius 3 is 2.95 bits per heavy atom. The Balaban J connectivity index is 2.53. The van der Waals surface area contributed by atoms with E-state index in [0.717, 1.165) is 0 Å². The van der Waals surface area contributed by atoms with Crippen LogP contribution < -0.4 is 0 Å². The summed E-state index contributed by atoms with van der Waals surface area (Å²) in [5.74, 6) is -0.611. The molecule has 7 heteroatoms. The van der Waals surface area contributed by atoms with Crippen molar-refractivity contribution in [2.24, 2.45) is 0 Å². The predicted octanol–water partition coefficient (Wildman–Crippen LogP) is 3.33. The molecule has 0 N–H and O–H groups in total. The van der Waals surface area contributed by atoms with Gasteiger partial charge in [-0.2, -0.15) is 0 Å². The summed E-state index contributed by atoms with van der Waals surface area (Å²) in [5.41, 5.74) is 3.08. The summed E-state index contributed by atoms with van der Waals surface area (Å²) in [5, 5.41) is 11.2. The third-order valence-corrected chi connectivity index (χ3v) is 3.15. The second-order valence-corrected chi connectivity index (χ2v) is 4.86. The van der Waals surface area contributed by atoms with Gasteiger partial charge in [0, 0.05) is 16.1 Å². The first kappa shape index (κ1) is 15.0. The fraction of sp³-hybridized carbons (Fsp3) is 0.143. The maximum atomic E-state index is 11.9. The molecular weight excluding hydrogens is 342 g/mol. The minimum Gasteiger partial charge on any atom is -0.464 e. The molecule has 0 radical (unpaired) electrons. The monoisotopic (exact) mass is 351 g/mol. The van der Waals surface area contributed by atoms with Crippen LogP contribution in [-0.4, -0.2) is 17.5 Å². The highest BCUT2D eigenvalue weighted by Gasteiger charge is 2.26. The van der Waals surface area contributed by atoms with Crippen LogP contribution in [0, 0.1) is 10.1 Å². The van der Waals surface area contributed by atoms with E-state index in [9.17, 15) is 14.9 Å². The van der Waals surface area contributed by atoms with E-state index in [4.69, 9.17) is 9.47 Å². The topological polar surface area (TPSA) is 78.7 Å². The molecule has 0 atom stereocenters. The molecule has 0 spiro atoms. The molecule has 2 rings (SSSR count). The Bertz CT molecular complexity index is 701. The van der Waals surface area contributed by atoms with Crippen molar-refractivity contribution in [2.45, 2.75) is 6.92 Å². The molecule has 0 unspecified atom stereocenters. The van der Waals surface area contributed by atoms with Crippen molar-refractivity contribution in [1.29, 1.82) is 0 Å². The number of carbonyl (C=O) groups is 1. The summed E-state index contributed by atoms with van der Waals surface area (Å²) >= 11 is 3.18. The van der Waals surface area contributed by atoms with Gasteiger partial charge >= 0.3 is 5.97 Å². The second kappa shape index (κ2) is 6.39. The first-order valence-electron chi connectivity index (χ1n) is 5.97. The standard InChI is InChI=1S/C14H10BrNO5/c1-2-21-14(17)11-5-6-20-8-12(11)10-4-3-9(15)7-13(10)16(18)19/h3-4,6-8H,2H2,1H3.